The average Bonchev–Trinajstić information content (AvgIpc) is 2.37. The third-order valence-electron chi connectivity index (χ3n) is 2.52. The van der Waals surface area contributed by atoms with Gasteiger partial charge in [-0.1, -0.05) is 11.6 Å². The molecule has 0 aliphatic heterocycles. The number of nitrogens with two attached hydrogens (primary N) is 1. The highest BCUT2D eigenvalue weighted by atomic mass is 127. The molecule has 19 heavy (non-hydrogen) atoms. The van der Waals surface area contributed by atoms with Gasteiger partial charge in [0.2, 0.25) is 0 Å². The van der Waals surface area contributed by atoms with E-state index in [9.17, 15) is 0 Å². The number of halogens is 2. The number of nitrogens with one attached hydrogen (secondary N) is 1. The van der Waals surface area contributed by atoms with Gasteiger partial charge in [0.25, 0.3) is 0 Å². The molecule has 5 heteroatoms. The van der Waals surface area contributed by atoms with Crippen molar-refractivity contribution in [2.24, 2.45) is 0 Å². The maximum Gasteiger partial charge on any atom is 0.144 e. The molecule has 0 saturated carbocycles. The van der Waals surface area contributed by atoms with E-state index in [1.165, 1.54) is 0 Å². The van der Waals surface area contributed by atoms with Crippen molar-refractivity contribution in [3.63, 3.8) is 0 Å². The second-order valence-corrected chi connectivity index (χ2v) is 5.59. The number of hydrogen-bond donors (Lipinski definition) is 2. The molecule has 0 spiro atoms. The molecule has 3 N–H and O–H groups in total. The molecule has 100 valence electrons. The van der Waals surface area contributed by atoms with Crippen LogP contribution in [0, 0.1) is 3.57 Å². The summed E-state index contributed by atoms with van der Waals surface area (Å²) in [5.74, 6) is 0.675. The third kappa shape index (κ3) is 3.67. The molecule has 0 atom stereocenters. The van der Waals surface area contributed by atoms with E-state index in [1.54, 1.807) is 0 Å². The Bertz CT molecular complexity index is 590. The quantitative estimate of drug-likeness (QED) is 0.591. The first-order valence-corrected chi connectivity index (χ1v) is 7.30. The number of ether oxygens (including phenoxy) is 1. The molecule has 0 saturated heterocycles. The maximum atomic E-state index is 6.19. The highest BCUT2D eigenvalue weighted by Gasteiger charge is 2.05. The summed E-state index contributed by atoms with van der Waals surface area (Å²) >= 11 is 8.41. The van der Waals surface area contributed by atoms with Gasteiger partial charge in [0.05, 0.1) is 23.0 Å². The second kappa shape index (κ2) is 6.34. The molecule has 0 amide bonds. The van der Waals surface area contributed by atoms with E-state index < -0.39 is 0 Å². The highest BCUT2D eigenvalue weighted by Crippen LogP contribution is 2.30. The zero-order valence-electron chi connectivity index (χ0n) is 10.4. The third-order valence-corrected chi connectivity index (χ3v) is 3.51. The van der Waals surface area contributed by atoms with Crippen LogP contribution in [0.3, 0.4) is 0 Å². The van der Waals surface area contributed by atoms with Crippen molar-refractivity contribution in [1.29, 1.82) is 0 Å². The lowest BCUT2D eigenvalue weighted by Crippen LogP contribution is -1.98. The summed E-state index contributed by atoms with van der Waals surface area (Å²) in [4.78, 5) is 0. The van der Waals surface area contributed by atoms with Gasteiger partial charge >= 0.3 is 0 Å². The van der Waals surface area contributed by atoms with Crippen LogP contribution < -0.4 is 15.8 Å². The molecule has 2 aromatic rings. The molecule has 0 aromatic heterocycles. The molecule has 0 unspecified atom stereocenters. The maximum absolute atomic E-state index is 6.19. The Labute approximate surface area is 131 Å². The number of rotatable bonds is 4. The summed E-state index contributed by atoms with van der Waals surface area (Å²) in [6.07, 6.45) is 0. The molecule has 0 radical (unpaired) electrons. The van der Waals surface area contributed by atoms with Crippen LogP contribution in [0.15, 0.2) is 36.4 Å². The van der Waals surface area contributed by atoms with Gasteiger partial charge in [0.15, 0.2) is 0 Å². The predicted molar refractivity (Wildman–Crippen MR) is 89.5 cm³/mol. The normalized spacial score (nSPS) is 10.3. The topological polar surface area (TPSA) is 47.3 Å². The van der Waals surface area contributed by atoms with E-state index in [0.717, 1.165) is 14.9 Å². The molecule has 0 aliphatic carbocycles. The van der Waals surface area contributed by atoms with Crippen molar-refractivity contribution < 1.29 is 4.74 Å². The number of nitrogen functional groups attached to an aromatic ring is 1. The van der Waals surface area contributed by atoms with Crippen molar-refractivity contribution in [3.05, 3.63) is 45.0 Å². The van der Waals surface area contributed by atoms with Crippen molar-refractivity contribution in [2.75, 3.05) is 17.7 Å². The van der Waals surface area contributed by atoms with Crippen LogP contribution in [-0.4, -0.2) is 6.61 Å². The van der Waals surface area contributed by atoms with E-state index >= 15 is 0 Å². The fourth-order valence-electron chi connectivity index (χ4n) is 1.64. The summed E-state index contributed by atoms with van der Waals surface area (Å²) in [6, 6.07) is 11.4. The Balaban J connectivity index is 2.25. The molecule has 0 bridgehead atoms. The molecule has 0 heterocycles. The number of hydrogen-bond acceptors (Lipinski definition) is 3. The molecule has 2 aromatic carbocycles. The molecule has 0 aliphatic rings. The zero-order chi connectivity index (χ0) is 13.8. The Morgan fingerprint density at radius 2 is 2.05 bits per heavy atom. The van der Waals surface area contributed by atoms with Gasteiger partial charge in [0.1, 0.15) is 5.75 Å². The molecule has 0 fully saturated rings. The Kier molecular flexibility index (Phi) is 4.76. The first-order chi connectivity index (χ1) is 9.10. The van der Waals surface area contributed by atoms with Crippen molar-refractivity contribution >= 4 is 51.3 Å². The van der Waals surface area contributed by atoms with E-state index in [-0.39, 0.29) is 0 Å². The minimum absolute atomic E-state index is 0.581. The second-order valence-electron chi connectivity index (χ2n) is 3.93. The van der Waals surface area contributed by atoms with Crippen LogP contribution in [-0.2, 0) is 0 Å². The smallest absolute Gasteiger partial charge is 0.144 e. The van der Waals surface area contributed by atoms with Gasteiger partial charge in [-0.05, 0) is 59.8 Å². The summed E-state index contributed by atoms with van der Waals surface area (Å²) in [6.45, 7) is 2.51. The molecular formula is C14H14ClIN2O. The fourth-order valence-corrected chi connectivity index (χ4v) is 2.54. The predicted octanol–water partition coefficient (Wildman–Crippen LogP) is 4.67. The van der Waals surface area contributed by atoms with E-state index in [4.69, 9.17) is 22.1 Å². The summed E-state index contributed by atoms with van der Waals surface area (Å²) in [7, 11) is 0. The minimum Gasteiger partial charge on any atom is -0.492 e. The number of anilines is 3. The highest BCUT2D eigenvalue weighted by molar-refractivity contribution is 14.1. The number of benzene rings is 2. The van der Waals surface area contributed by atoms with Crippen LogP contribution in [0.4, 0.5) is 17.1 Å². The fraction of sp³-hybridized carbons (Fsp3) is 0.143. The lowest BCUT2D eigenvalue weighted by atomic mass is 10.2. The summed E-state index contributed by atoms with van der Waals surface area (Å²) < 4.78 is 6.56. The van der Waals surface area contributed by atoms with Crippen LogP contribution in [0.5, 0.6) is 5.75 Å². The van der Waals surface area contributed by atoms with Gasteiger partial charge in [-0.25, -0.2) is 0 Å². The first kappa shape index (κ1) is 14.3. The van der Waals surface area contributed by atoms with Gasteiger partial charge in [-0.2, -0.15) is 0 Å². The van der Waals surface area contributed by atoms with Gasteiger partial charge in [0, 0.05) is 15.3 Å². The van der Waals surface area contributed by atoms with E-state index in [0.29, 0.717) is 23.1 Å². The van der Waals surface area contributed by atoms with E-state index in [2.05, 4.69) is 27.9 Å². The monoisotopic (exact) mass is 388 g/mol. The van der Waals surface area contributed by atoms with Crippen molar-refractivity contribution in [2.45, 2.75) is 6.92 Å². The van der Waals surface area contributed by atoms with Crippen molar-refractivity contribution in [3.8, 4) is 5.75 Å². The Hall–Kier alpha value is -1.14. The minimum atomic E-state index is 0.581. The first-order valence-electron chi connectivity index (χ1n) is 5.84. The van der Waals surface area contributed by atoms with Gasteiger partial charge in [-0.15, -0.1) is 0 Å². The zero-order valence-corrected chi connectivity index (χ0v) is 13.3. The molecular weight excluding hydrogens is 375 g/mol. The standard InChI is InChI=1S/C14H14ClIN2O/c1-2-19-14-8-10(4-5-12(14)17)18-13-6-3-9(16)7-11(13)15/h3-8,18H,2,17H2,1H3. The summed E-state index contributed by atoms with van der Waals surface area (Å²) in [5, 5.41) is 3.94. The van der Waals surface area contributed by atoms with Gasteiger partial charge in [-0.3, -0.25) is 0 Å². The lowest BCUT2D eigenvalue weighted by Gasteiger charge is -2.12. The SMILES string of the molecule is CCOc1cc(Nc2ccc(I)cc2Cl)ccc1N. The van der Waals surface area contributed by atoms with E-state index in [1.807, 2.05) is 43.3 Å². The molecule has 2 rings (SSSR count). The largest absolute Gasteiger partial charge is 0.492 e. The lowest BCUT2D eigenvalue weighted by molar-refractivity contribution is 0.342. The van der Waals surface area contributed by atoms with Crippen LogP contribution in [0.1, 0.15) is 6.92 Å². The van der Waals surface area contributed by atoms with Crippen molar-refractivity contribution in [1.82, 2.24) is 0 Å². The van der Waals surface area contributed by atoms with Crippen LogP contribution in [0.25, 0.3) is 0 Å². The summed E-state index contributed by atoms with van der Waals surface area (Å²) in [5.41, 5.74) is 8.21. The molecule has 3 nitrogen and oxygen atoms in total. The van der Waals surface area contributed by atoms with Crippen LogP contribution in [0.2, 0.25) is 5.02 Å². The Morgan fingerprint density at radius 1 is 1.26 bits per heavy atom. The average molecular weight is 389 g/mol. The van der Waals surface area contributed by atoms with Crippen LogP contribution >= 0.6 is 34.2 Å². The van der Waals surface area contributed by atoms with Gasteiger partial charge < -0.3 is 15.8 Å². The Morgan fingerprint density at radius 3 is 2.74 bits per heavy atom.